The number of H-pyrrole nitrogens is 1. The number of halogens is 2. The lowest BCUT2D eigenvalue weighted by molar-refractivity contribution is 1.01. The van der Waals surface area contributed by atoms with E-state index in [1.54, 1.807) is 12.3 Å². The summed E-state index contributed by atoms with van der Waals surface area (Å²) in [5.41, 5.74) is 6.86. The topological polar surface area (TPSA) is 67.6 Å². The van der Waals surface area contributed by atoms with Crippen molar-refractivity contribution in [3.8, 4) is 11.5 Å². The van der Waals surface area contributed by atoms with Crippen molar-refractivity contribution in [2.75, 3.05) is 0 Å². The molecular weight excluding hydrogens is 235 g/mol. The number of hydrogen-bond acceptors (Lipinski definition) is 3. The van der Waals surface area contributed by atoms with Gasteiger partial charge in [0.1, 0.15) is 5.69 Å². The van der Waals surface area contributed by atoms with E-state index < -0.39 is 0 Å². The highest BCUT2D eigenvalue weighted by atomic mass is 35.5. The van der Waals surface area contributed by atoms with Gasteiger partial charge in [-0.1, -0.05) is 23.2 Å². The number of hydrogen-bond donors (Lipinski definition) is 2. The van der Waals surface area contributed by atoms with Gasteiger partial charge in [0.05, 0.1) is 10.0 Å². The molecule has 0 saturated carbocycles. The maximum absolute atomic E-state index is 5.98. The quantitative estimate of drug-likeness (QED) is 0.849. The average molecular weight is 243 g/mol. The zero-order valence-electron chi connectivity index (χ0n) is 7.67. The van der Waals surface area contributed by atoms with Crippen LogP contribution in [-0.4, -0.2) is 15.0 Å². The van der Waals surface area contributed by atoms with Crippen molar-refractivity contribution in [2.45, 2.75) is 6.54 Å². The van der Waals surface area contributed by atoms with Crippen LogP contribution in [0.1, 0.15) is 5.69 Å². The number of imidazole rings is 1. The number of aromatic nitrogens is 3. The Balaban J connectivity index is 2.44. The van der Waals surface area contributed by atoms with Crippen LogP contribution in [-0.2, 0) is 6.54 Å². The zero-order chi connectivity index (χ0) is 10.8. The summed E-state index contributed by atoms with van der Waals surface area (Å²) in [6.07, 6.45) is 3.18. The minimum Gasteiger partial charge on any atom is -0.339 e. The molecule has 0 fully saturated rings. The van der Waals surface area contributed by atoms with Crippen LogP contribution in [0.5, 0.6) is 0 Å². The minimum atomic E-state index is 0.401. The van der Waals surface area contributed by atoms with E-state index in [0.29, 0.717) is 28.1 Å². The lowest BCUT2D eigenvalue weighted by Gasteiger charge is -1.99. The number of rotatable bonds is 2. The van der Waals surface area contributed by atoms with Crippen LogP contribution in [0.25, 0.3) is 11.5 Å². The molecule has 2 aromatic heterocycles. The SMILES string of the molecule is NCc1cnc(-c2ncc(Cl)cc2Cl)[nH]1. The van der Waals surface area contributed by atoms with Gasteiger partial charge in [0, 0.05) is 24.6 Å². The monoisotopic (exact) mass is 242 g/mol. The lowest BCUT2D eigenvalue weighted by Crippen LogP contribution is -1.96. The Kier molecular flexibility index (Phi) is 2.90. The van der Waals surface area contributed by atoms with Crippen molar-refractivity contribution in [2.24, 2.45) is 5.73 Å². The second-order valence-corrected chi connectivity index (χ2v) is 3.79. The van der Waals surface area contributed by atoms with Crippen LogP contribution < -0.4 is 5.73 Å². The second kappa shape index (κ2) is 4.18. The van der Waals surface area contributed by atoms with E-state index in [4.69, 9.17) is 28.9 Å². The Morgan fingerprint density at radius 1 is 1.27 bits per heavy atom. The molecule has 6 heteroatoms. The molecule has 3 N–H and O–H groups in total. The Morgan fingerprint density at radius 3 is 2.67 bits per heavy atom. The molecule has 4 nitrogen and oxygen atoms in total. The third-order valence-corrected chi connectivity index (χ3v) is 2.38. The smallest absolute Gasteiger partial charge is 0.157 e. The van der Waals surface area contributed by atoms with Gasteiger partial charge in [-0.15, -0.1) is 0 Å². The summed E-state index contributed by atoms with van der Waals surface area (Å²) in [4.78, 5) is 11.2. The molecule has 0 aliphatic rings. The highest BCUT2D eigenvalue weighted by Crippen LogP contribution is 2.25. The predicted octanol–water partition coefficient (Wildman–Crippen LogP) is 2.24. The van der Waals surface area contributed by atoms with E-state index in [-0.39, 0.29) is 0 Å². The number of nitrogens with two attached hydrogens (primary N) is 1. The predicted molar refractivity (Wildman–Crippen MR) is 59.7 cm³/mol. The van der Waals surface area contributed by atoms with Gasteiger partial charge in [-0.05, 0) is 6.07 Å². The van der Waals surface area contributed by atoms with Crippen LogP contribution in [0.3, 0.4) is 0 Å². The second-order valence-electron chi connectivity index (χ2n) is 2.95. The van der Waals surface area contributed by atoms with Gasteiger partial charge in [-0.3, -0.25) is 0 Å². The van der Waals surface area contributed by atoms with Crippen LogP contribution in [0.15, 0.2) is 18.5 Å². The number of nitrogens with zero attached hydrogens (tertiary/aromatic N) is 2. The summed E-state index contributed by atoms with van der Waals surface area (Å²) in [6.45, 7) is 0.401. The van der Waals surface area contributed by atoms with E-state index in [0.717, 1.165) is 5.69 Å². The molecule has 0 spiro atoms. The molecule has 2 heterocycles. The fourth-order valence-corrected chi connectivity index (χ4v) is 1.64. The van der Waals surface area contributed by atoms with Crippen LogP contribution in [0.2, 0.25) is 10.0 Å². The maximum atomic E-state index is 5.98. The minimum absolute atomic E-state index is 0.401. The summed E-state index contributed by atoms with van der Waals surface area (Å²) in [7, 11) is 0. The molecule has 0 bridgehead atoms. The Bertz CT molecular complexity index is 481. The molecule has 2 rings (SSSR count). The fraction of sp³-hybridized carbons (Fsp3) is 0.111. The van der Waals surface area contributed by atoms with Crippen molar-refractivity contribution >= 4 is 23.2 Å². The lowest BCUT2D eigenvalue weighted by atomic mass is 10.3. The van der Waals surface area contributed by atoms with Crippen molar-refractivity contribution in [3.63, 3.8) is 0 Å². The molecule has 0 aliphatic heterocycles. The first-order valence-corrected chi connectivity index (χ1v) is 5.01. The van der Waals surface area contributed by atoms with E-state index in [1.165, 1.54) is 6.20 Å². The largest absolute Gasteiger partial charge is 0.339 e. The maximum Gasteiger partial charge on any atom is 0.157 e. The molecule has 0 aliphatic carbocycles. The summed E-state index contributed by atoms with van der Waals surface area (Å²) in [5.74, 6) is 0.595. The van der Waals surface area contributed by atoms with Crippen molar-refractivity contribution in [1.82, 2.24) is 15.0 Å². The van der Waals surface area contributed by atoms with E-state index in [9.17, 15) is 0 Å². The highest BCUT2D eigenvalue weighted by Gasteiger charge is 2.09. The van der Waals surface area contributed by atoms with Gasteiger partial charge in [-0.25, -0.2) is 9.97 Å². The van der Waals surface area contributed by atoms with Gasteiger partial charge < -0.3 is 10.7 Å². The normalized spacial score (nSPS) is 10.6. The first-order valence-electron chi connectivity index (χ1n) is 4.26. The average Bonchev–Trinajstić information content (AvgIpc) is 2.66. The molecule has 0 amide bonds. The number of nitrogens with one attached hydrogen (secondary N) is 1. The number of aromatic amines is 1. The van der Waals surface area contributed by atoms with Crippen molar-refractivity contribution in [3.05, 3.63) is 34.2 Å². The van der Waals surface area contributed by atoms with Gasteiger partial charge in [0.2, 0.25) is 0 Å². The van der Waals surface area contributed by atoms with Crippen LogP contribution >= 0.6 is 23.2 Å². The standard InChI is InChI=1S/C9H8Cl2N4/c10-5-1-7(11)8(13-3-5)9-14-4-6(2-12)15-9/h1,3-4H,2,12H2,(H,14,15). The Labute approximate surface area is 96.4 Å². The van der Waals surface area contributed by atoms with Gasteiger partial charge in [-0.2, -0.15) is 0 Å². The zero-order valence-corrected chi connectivity index (χ0v) is 9.18. The van der Waals surface area contributed by atoms with Gasteiger partial charge >= 0.3 is 0 Å². The van der Waals surface area contributed by atoms with Gasteiger partial charge in [0.25, 0.3) is 0 Å². The van der Waals surface area contributed by atoms with Gasteiger partial charge in [0.15, 0.2) is 5.82 Å². The molecule has 0 aromatic carbocycles. The molecule has 0 unspecified atom stereocenters. The highest BCUT2D eigenvalue weighted by molar-refractivity contribution is 6.35. The first-order chi connectivity index (χ1) is 7.20. The van der Waals surface area contributed by atoms with Crippen molar-refractivity contribution in [1.29, 1.82) is 0 Å². The third-order valence-electron chi connectivity index (χ3n) is 1.88. The van der Waals surface area contributed by atoms with Crippen molar-refractivity contribution < 1.29 is 0 Å². The summed E-state index contributed by atoms with van der Waals surface area (Å²) in [6, 6.07) is 1.62. The van der Waals surface area contributed by atoms with E-state index in [1.807, 2.05) is 0 Å². The molecular formula is C9H8Cl2N4. The molecule has 2 aromatic rings. The molecule has 0 saturated heterocycles. The fourth-order valence-electron chi connectivity index (χ4n) is 1.17. The molecule has 15 heavy (non-hydrogen) atoms. The first kappa shape index (κ1) is 10.4. The third kappa shape index (κ3) is 2.12. The summed E-state index contributed by atoms with van der Waals surface area (Å²) in [5, 5.41) is 0.953. The molecule has 0 atom stereocenters. The summed E-state index contributed by atoms with van der Waals surface area (Å²) >= 11 is 11.7. The summed E-state index contributed by atoms with van der Waals surface area (Å²) < 4.78 is 0. The van der Waals surface area contributed by atoms with E-state index in [2.05, 4.69) is 15.0 Å². The Hall–Kier alpha value is -1.10. The number of pyridine rings is 1. The van der Waals surface area contributed by atoms with Crippen LogP contribution in [0.4, 0.5) is 0 Å². The van der Waals surface area contributed by atoms with E-state index >= 15 is 0 Å². The van der Waals surface area contributed by atoms with Crippen LogP contribution in [0, 0.1) is 0 Å². The molecule has 0 radical (unpaired) electrons. The Morgan fingerprint density at radius 2 is 2.07 bits per heavy atom. The molecule has 78 valence electrons.